The predicted octanol–water partition coefficient (Wildman–Crippen LogP) is 3.23. The number of rotatable bonds is 3. The average molecular weight is 283 g/mol. The molecule has 0 atom stereocenters. The van der Waals surface area contributed by atoms with Gasteiger partial charge in [0.25, 0.3) is 0 Å². The topological polar surface area (TPSA) is 76.7 Å². The van der Waals surface area contributed by atoms with Crippen molar-refractivity contribution in [2.45, 2.75) is 6.92 Å². The number of anilines is 3. The van der Waals surface area contributed by atoms with E-state index in [-0.39, 0.29) is 0 Å². The SMILES string of the molecule is Cc1cccnc1Nc1nc(-c2ccc(N)cn2)cs1. The Labute approximate surface area is 120 Å². The molecule has 0 spiro atoms. The van der Waals surface area contributed by atoms with Crippen molar-refractivity contribution >= 4 is 28.0 Å². The van der Waals surface area contributed by atoms with Gasteiger partial charge in [0.15, 0.2) is 5.13 Å². The van der Waals surface area contributed by atoms with E-state index in [0.717, 1.165) is 27.9 Å². The lowest BCUT2D eigenvalue weighted by Crippen LogP contribution is -1.95. The van der Waals surface area contributed by atoms with E-state index in [2.05, 4.69) is 20.3 Å². The van der Waals surface area contributed by atoms with Crippen molar-refractivity contribution in [1.82, 2.24) is 15.0 Å². The fourth-order valence-electron chi connectivity index (χ4n) is 1.72. The number of pyridine rings is 2. The Hall–Kier alpha value is -2.47. The molecule has 0 bridgehead atoms. The largest absolute Gasteiger partial charge is 0.397 e. The number of hydrogen-bond donors (Lipinski definition) is 2. The van der Waals surface area contributed by atoms with Crippen LogP contribution in [0.5, 0.6) is 0 Å². The van der Waals surface area contributed by atoms with Crippen LogP contribution in [0.3, 0.4) is 0 Å². The molecule has 0 fully saturated rings. The molecule has 0 aliphatic carbocycles. The molecule has 0 aliphatic rings. The highest BCUT2D eigenvalue weighted by Gasteiger charge is 2.07. The smallest absolute Gasteiger partial charge is 0.188 e. The third-order valence-electron chi connectivity index (χ3n) is 2.79. The third-order valence-corrected chi connectivity index (χ3v) is 3.55. The van der Waals surface area contributed by atoms with Crippen molar-refractivity contribution in [3.05, 3.63) is 47.6 Å². The van der Waals surface area contributed by atoms with Crippen molar-refractivity contribution in [3.8, 4) is 11.4 Å². The molecule has 100 valence electrons. The monoisotopic (exact) mass is 283 g/mol. The van der Waals surface area contributed by atoms with Crippen LogP contribution in [-0.4, -0.2) is 15.0 Å². The van der Waals surface area contributed by atoms with Gasteiger partial charge < -0.3 is 11.1 Å². The van der Waals surface area contributed by atoms with Gasteiger partial charge in [-0.05, 0) is 30.7 Å². The lowest BCUT2D eigenvalue weighted by atomic mass is 10.3. The van der Waals surface area contributed by atoms with Crippen LogP contribution in [0.1, 0.15) is 5.56 Å². The summed E-state index contributed by atoms with van der Waals surface area (Å²) in [6.07, 6.45) is 3.38. The molecule has 3 N–H and O–H groups in total. The molecule has 0 saturated heterocycles. The molecule has 3 rings (SSSR count). The zero-order valence-electron chi connectivity index (χ0n) is 10.9. The highest BCUT2D eigenvalue weighted by molar-refractivity contribution is 7.14. The van der Waals surface area contributed by atoms with Crippen molar-refractivity contribution in [3.63, 3.8) is 0 Å². The number of aromatic nitrogens is 3. The maximum absolute atomic E-state index is 5.63. The maximum atomic E-state index is 5.63. The van der Waals surface area contributed by atoms with Crippen LogP contribution in [0.2, 0.25) is 0 Å². The van der Waals surface area contributed by atoms with Crippen LogP contribution in [0.4, 0.5) is 16.6 Å². The fourth-order valence-corrected chi connectivity index (χ4v) is 2.43. The molecular formula is C14H13N5S. The Balaban J connectivity index is 1.84. The molecule has 20 heavy (non-hydrogen) atoms. The molecule has 0 aromatic carbocycles. The fraction of sp³-hybridized carbons (Fsp3) is 0.0714. The summed E-state index contributed by atoms with van der Waals surface area (Å²) in [6, 6.07) is 7.59. The van der Waals surface area contributed by atoms with Gasteiger partial charge in [0.05, 0.1) is 17.6 Å². The van der Waals surface area contributed by atoms with Crippen molar-refractivity contribution < 1.29 is 0 Å². The molecule has 3 aromatic heterocycles. The molecule has 0 radical (unpaired) electrons. The molecule has 3 aromatic rings. The summed E-state index contributed by atoms with van der Waals surface area (Å²) in [5, 5.41) is 5.97. The van der Waals surface area contributed by atoms with Gasteiger partial charge in [0.1, 0.15) is 11.5 Å². The van der Waals surface area contributed by atoms with E-state index in [1.165, 1.54) is 11.3 Å². The summed E-state index contributed by atoms with van der Waals surface area (Å²) in [5.41, 5.74) is 8.98. The van der Waals surface area contributed by atoms with Crippen LogP contribution in [0.15, 0.2) is 42.0 Å². The minimum absolute atomic E-state index is 0.645. The molecule has 5 nitrogen and oxygen atoms in total. The number of nitrogen functional groups attached to an aromatic ring is 1. The summed E-state index contributed by atoms with van der Waals surface area (Å²) >= 11 is 1.52. The summed E-state index contributed by atoms with van der Waals surface area (Å²) < 4.78 is 0. The first-order valence-electron chi connectivity index (χ1n) is 6.08. The second-order valence-electron chi connectivity index (χ2n) is 4.31. The number of thiazole rings is 1. The number of nitrogens with zero attached hydrogens (tertiary/aromatic N) is 3. The molecule has 0 saturated carbocycles. The highest BCUT2D eigenvalue weighted by Crippen LogP contribution is 2.26. The van der Waals surface area contributed by atoms with E-state index in [1.807, 2.05) is 36.6 Å². The number of aryl methyl sites for hydroxylation is 1. The minimum Gasteiger partial charge on any atom is -0.397 e. The quantitative estimate of drug-likeness (QED) is 0.771. The third kappa shape index (κ3) is 2.60. The summed E-state index contributed by atoms with van der Waals surface area (Å²) in [4.78, 5) is 13.1. The number of nitrogens with one attached hydrogen (secondary N) is 1. The van der Waals surface area contributed by atoms with E-state index in [9.17, 15) is 0 Å². The summed E-state index contributed by atoms with van der Waals surface area (Å²) in [5.74, 6) is 0.818. The van der Waals surface area contributed by atoms with Gasteiger partial charge in [0.2, 0.25) is 0 Å². The first kappa shape index (κ1) is 12.6. The summed E-state index contributed by atoms with van der Waals surface area (Å²) in [7, 11) is 0. The molecule has 3 heterocycles. The Morgan fingerprint density at radius 1 is 1.15 bits per heavy atom. The van der Waals surface area contributed by atoms with E-state index in [4.69, 9.17) is 5.73 Å². The van der Waals surface area contributed by atoms with Crippen molar-refractivity contribution in [2.75, 3.05) is 11.1 Å². The van der Waals surface area contributed by atoms with Gasteiger partial charge in [-0.15, -0.1) is 11.3 Å². The molecular weight excluding hydrogens is 270 g/mol. The molecule has 6 heteroatoms. The zero-order chi connectivity index (χ0) is 13.9. The molecule has 0 aliphatic heterocycles. The van der Waals surface area contributed by atoms with Crippen molar-refractivity contribution in [2.24, 2.45) is 0 Å². The second-order valence-corrected chi connectivity index (χ2v) is 5.17. The molecule has 0 unspecified atom stereocenters. The van der Waals surface area contributed by atoms with E-state index < -0.39 is 0 Å². The van der Waals surface area contributed by atoms with Gasteiger partial charge in [-0.25, -0.2) is 9.97 Å². The van der Waals surface area contributed by atoms with Crippen LogP contribution < -0.4 is 11.1 Å². The lowest BCUT2D eigenvalue weighted by Gasteiger charge is -2.04. The van der Waals surface area contributed by atoms with Crippen LogP contribution in [0, 0.1) is 6.92 Å². The Bertz CT molecular complexity index is 720. The second kappa shape index (κ2) is 5.26. The van der Waals surface area contributed by atoms with Gasteiger partial charge >= 0.3 is 0 Å². The molecule has 0 amide bonds. The average Bonchev–Trinajstić information content (AvgIpc) is 2.91. The van der Waals surface area contributed by atoms with Gasteiger partial charge in [-0.2, -0.15) is 0 Å². The minimum atomic E-state index is 0.645. The highest BCUT2D eigenvalue weighted by atomic mass is 32.1. The van der Waals surface area contributed by atoms with E-state index >= 15 is 0 Å². The Morgan fingerprint density at radius 2 is 2.05 bits per heavy atom. The standard InChI is InChI=1S/C14H13N5S/c1-9-3-2-6-16-13(9)19-14-18-12(8-20-14)11-5-4-10(15)7-17-11/h2-8H,15H2,1H3,(H,16,18,19). The Morgan fingerprint density at radius 3 is 2.80 bits per heavy atom. The lowest BCUT2D eigenvalue weighted by molar-refractivity contribution is 1.23. The normalized spacial score (nSPS) is 10.4. The Kier molecular flexibility index (Phi) is 3.30. The van der Waals surface area contributed by atoms with Crippen LogP contribution in [0.25, 0.3) is 11.4 Å². The van der Waals surface area contributed by atoms with Gasteiger partial charge in [-0.3, -0.25) is 4.98 Å². The summed E-state index contributed by atoms with van der Waals surface area (Å²) in [6.45, 7) is 2.01. The number of nitrogens with two attached hydrogens (primary N) is 1. The first-order valence-corrected chi connectivity index (χ1v) is 6.96. The van der Waals surface area contributed by atoms with E-state index in [1.54, 1.807) is 12.4 Å². The zero-order valence-corrected chi connectivity index (χ0v) is 11.7. The van der Waals surface area contributed by atoms with Gasteiger partial charge in [0, 0.05) is 11.6 Å². The first-order chi connectivity index (χ1) is 9.72. The maximum Gasteiger partial charge on any atom is 0.188 e. The van der Waals surface area contributed by atoms with Gasteiger partial charge in [-0.1, -0.05) is 6.07 Å². The van der Waals surface area contributed by atoms with Crippen molar-refractivity contribution in [1.29, 1.82) is 0 Å². The number of hydrogen-bond acceptors (Lipinski definition) is 6. The predicted molar refractivity (Wildman–Crippen MR) is 82.0 cm³/mol. The van der Waals surface area contributed by atoms with Crippen LogP contribution in [-0.2, 0) is 0 Å². The van der Waals surface area contributed by atoms with E-state index in [0.29, 0.717) is 5.69 Å². The van der Waals surface area contributed by atoms with Crippen LogP contribution >= 0.6 is 11.3 Å².